The van der Waals surface area contributed by atoms with Crippen LogP contribution < -0.4 is 14.2 Å². The molecule has 0 radical (unpaired) electrons. The third kappa shape index (κ3) is 9.10. The zero-order valence-corrected chi connectivity index (χ0v) is 29.7. The first kappa shape index (κ1) is 36.4. The molecule has 3 aromatic rings. The minimum absolute atomic E-state index is 0.0394. The summed E-state index contributed by atoms with van der Waals surface area (Å²) in [7, 11) is 1.59. The van der Waals surface area contributed by atoms with E-state index in [4.69, 9.17) is 46.9 Å². The maximum atomic E-state index is 14.0. The molecular formula is C35H37Cl2F2N3O7S. The van der Waals surface area contributed by atoms with Crippen LogP contribution in [0.4, 0.5) is 8.78 Å². The lowest BCUT2D eigenvalue weighted by molar-refractivity contribution is -0.151. The first-order valence-corrected chi connectivity index (χ1v) is 18.1. The van der Waals surface area contributed by atoms with Gasteiger partial charge in [0.15, 0.2) is 16.9 Å². The molecule has 50 heavy (non-hydrogen) atoms. The Bertz CT molecular complexity index is 1660. The molecule has 0 bridgehead atoms. The number of hydrogen-bond donors (Lipinski definition) is 0. The molecule has 10 nitrogen and oxygen atoms in total. The van der Waals surface area contributed by atoms with Gasteiger partial charge in [-0.3, -0.25) is 14.7 Å². The number of carbonyl (C=O) groups is 2. The van der Waals surface area contributed by atoms with Gasteiger partial charge in [0.2, 0.25) is 0 Å². The number of alkyl halides is 2. The molecule has 0 spiro atoms. The zero-order valence-electron chi connectivity index (χ0n) is 27.3. The molecular weight excluding hydrogens is 715 g/mol. The number of morpholine rings is 1. The Morgan fingerprint density at radius 1 is 1.02 bits per heavy atom. The molecule has 2 saturated heterocycles. The number of carbonyl (C=O) groups excluding carboxylic acids is 2. The zero-order chi connectivity index (χ0) is 35.2. The Balaban J connectivity index is 1.25. The maximum absolute atomic E-state index is 14.0. The molecule has 2 aliphatic heterocycles. The van der Waals surface area contributed by atoms with E-state index in [-0.39, 0.29) is 33.9 Å². The summed E-state index contributed by atoms with van der Waals surface area (Å²) in [6, 6.07) is 9.68. The van der Waals surface area contributed by atoms with Crippen molar-refractivity contribution in [1.82, 2.24) is 14.8 Å². The lowest BCUT2D eigenvalue weighted by atomic mass is 10.0. The quantitative estimate of drug-likeness (QED) is 0.166. The molecule has 268 valence electrons. The topological polar surface area (TPSA) is 99.7 Å². The van der Waals surface area contributed by atoms with Gasteiger partial charge in [-0.2, -0.15) is 8.78 Å². The Morgan fingerprint density at radius 2 is 1.76 bits per heavy atom. The average Bonchev–Trinajstić information content (AvgIpc) is 3.81. The van der Waals surface area contributed by atoms with Crippen molar-refractivity contribution in [1.29, 1.82) is 0 Å². The van der Waals surface area contributed by atoms with Crippen LogP contribution in [-0.4, -0.2) is 91.0 Å². The number of esters is 1. The number of benzene rings is 2. The van der Waals surface area contributed by atoms with E-state index in [9.17, 15) is 18.4 Å². The summed E-state index contributed by atoms with van der Waals surface area (Å²) in [6.45, 7) is 1.01. The van der Waals surface area contributed by atoms with Gasteiger partial charge in [-0.25, -0.2) is 4.79 Å². The highest BCUT2D eigenvalue weighted by Crippen LogP contribution is 2.39. The predicted octanol–water partition coefficient (Wildman–Crippen LogP) is 6.66. The van der Waals surface area contributed by atoms with Crippen LogP contribution in [0.15, 0.2) is 48.8 Å². The number of methoxy groups -OCH3 is 1. The average molecular weight is 753 g/mol. The number of aromatic nitrogens is 1. The Morgan fingerprint density at radius 3 is 2.46 bits per heavy atom. The van der Waals surface area contributed by atoms with E-state index in [0.29, 0.717) is 67.0 Å². The predicted molar refractivity (Wildman–Crippen MR) is 184 cm³/mol. The molecule has 15 heteroatoms. The van der Waals surface area contributed by atoms with Crippen LogP contribution in [0.5, 0.6) is 17.2 Å². The molecule has 1 amide bonds. The van der Waals surface area contributed by atoms with Gasteiger partial charge < -0.3 is 28.6 Å². The van der Waals surface area contributed by atoms with Crippen molar-refractivity contribution in [2.45, 2.75) is 43.9 Å². The largest absolute Gasteiger partial charge is 0.496 e. The maximum Gasteiger partial charge on any atom is 0.387 e. The lowest BCUT2D eigenvalue weighted by Gasteiger charge is -2.28. The minimum atomic E-state index is -3.06. The van der Waals surface area contributed by atoms with Crippen molar-refractivity contribution in [3.8, 4) is 17.2 Å². The van der Waals surface area contributed by atoms with E-state index < -0.39 is 24.1 Å². The van der Waals surface area contributed by atoms with Crippen molar-refractivity contribution >= 4 is 46.8 Å². The van der Waals surface area contributed by atoms with Crippen LogP contribution >= 0.6 is 35.0 Å². The van der Waals surface area contributed by atoms with E-state index in [0.717, 1.165) is 31.5 Å². The number of ether oxygens (including phenoxy) is 5. The fourth-order valence-corrected chi connectivity index (χ4v) is 7.46. The van der Waals surface area contributed by atoms with E-state index in [2.05, 4.69) is 9.88 Å². The molecule has 2 aromatic carbocycles. The van der Waals surface area contributed by atoms with Gasteiger partial charge >= 0.3 is 12.6 Å². The van der Waals surface area contributed by atoms with Crippen LogP contribution in [0.1, 0.15) is 46.0 Å². The molecule has 1 unspecified atom stereocenters. The molecule has 3 fully saturated rings. The summed E-state index contributed by atoms with van der Waals surface area (Å²) < 4.78 is 54.3. The van der Waals surface area contributed by atoms with Gasteiger partial charge in [-0.1, -0.05) is 29.3 Å². The van der Waals surface area contributed by atoms with Crippen molar-refractivity contribution in [3.05, 3.63) is 81.1 Å². The monoisotopic (exact) mass is 751 g/mol. The summed E-state index contributed by atoms with van der Waals surface area (Å²) in [6.07, 6.45) is 3.90. The molecule has 0 N–H and O–H groups in total. The smallest absolute Gasteiger partial charge is 0.387 e. The molecule has 3 aliphatic rings. The first-order valence-electron chi connectivity index (χ1n) is 16.3. The number of pyridine rings is 1. The third-order valence-corrected chi connectivity index (χ3v) is 10.5. The number of amides is 1. The molecule has 3 heterocycles. The highest BCUT2D eigenvalue weighted by molar-refractivity contribution is 8.00. The molecule has 2 atom stereocenters. The van der Waals surface area contributed by atoms with Gasteiger partial charge in [0.1, 0.15) is 11.9 Å². The summed E-state index contributed by atoms with van der Waals surface area (Å²) in [5.41, 5.74) is 2.20. The van der Waals surface area contributed by atoms with Gasteiger partial charge in [-0.05, 0) is 60.2 Å². The van der Waals surface area contributed by atoms with E-state index >= 15 is 0 Å². The van der Waals surface area contributed by atoms with E-state index in [1.54, 1.807) is 19.2 Å². The van der Waals surface area contributed by atoms with Crippen LogP contribution in [0, 0.1) is 5.92 Å². The molecule has 1 aliphatic carbocycles. The molecule has 6 rings (SSSR count). The fourth-order valence-electron chi connectivity index (χ4n) is 5.84. The molecule has 1 saturated carbocycles. The van der Waals surface area contributed by atoms with Crippen LogP contribution in [0.25, 0.3) is 0 Å². The van der Waals surface area contributed by atoms with Gasteiger partial charge in [0.25, 0.3) is 5.91 Å². The number of rotatable bonds is 14. The van der Waals surface area contributed by atoms with Crippen molar-refractivity contribution < 1.29 is 42.1 Å². The van der Waals surface area contributed by atoms with Gasteiger partial charge in [0.05, 0.1) is 37.0 Å². The summed E-state index contributed by atoms with van der Waals surface area (Å²) in [5, 5.41) is -0.410. The summed E-state index contributed by atoms with van der Waals surface area (Å²) in [5.74, 6) is 0.527. The van der Waals surface area contributed by atoms with Crippen molar-refractivity contribution in [2.24, 2.45) is 5.92 Å². The van der Waals surface area contributed by atoms with Crippen LogP contribution in [-0.2, 0) is 27.2 Å². The number of hydrogen-bond acceptors (Lipinski definition) is 10. The highest BCUT2D eigenvalue weighted by atomic mass is 35.5. The highest BCUT2D eigenvalue weighted by Gasteiger charge is 2.38. The van der Waals surface area contributed by atoms with Crippen molar-refractivity contribution in [2.75, 3.05) is 52.3 Å². The Hall–Kier alpha value is -3.36. The normalized spacial score (nSPS) is 18.6. The molecule has 1 aromatic heterocycles. The number of thioether (sulfide) groups is 1. The fraction of sp³-hybridized carbons (Fsp3) is 0.457. The summed E-state index contributed by atoms with van der Waals surface area (Å²) >= 11 is 14.2. The third-order valence-electron chi connectivity index (χ3n) is 8.71. The lowest BCUT2D eigenvalue weighted by Crippen LogP contribution is -2.41. The second-order valence-electron chi connectivity index (χ2n) is 12.2. The number of nitrogens with zero attached hydrogens (tertiary/aromatic N) is 3. The van der Waals surface area contributed by atoms with Gasteiger partial charge in [0, 0.05) is 61.9 Å². The summed E-state index contributed by atoms with van der Waals surface area (Å²) in [4.78, 5) is 35.7. The first-order chi connectivity index (χ1) is 24.2. The van der Waals surface area contributed by atoms with E-state index in [1.807, 2.05) is 6.07 Å². The SMILES string of the molecule is COc1ccc(C(=O)N2CCS[C@H]2C(=O)OC(Cc2c(Cl)cncc2Cl)c2ccc(OC(F)F)c(OCC3CC3)c2)cc1CN1CCOCC1. The second-order valence-corrected chi connectivity index (χ2v) is 14.2. The van der Waals surface area contributed by atoms with Crippen molar-refractivity contribution in [3.63, 3.8) is 0 Å². The van der Waals surface area contributed by atoms with Crippen LogP contribution in [0.3, 0.4) is 0 Å². The van der Waals surface area contributed by atoms with E-state index in [1.165, 1.54) is 47.3 Å². The van der Waals surface area contributed by atoms with Crippen LogP contribution in [0.2, 0.25) is 10.0 Å². The Labute approximate surface area is 303 Å². The minimum Gasteiger partial charge on any atom is -0.496 e. The standard InChI is InChI=1S/C35H37Cl2F2N3O7S/c1-45-28-6-5-23(14-24(28)19-41-8-11-46-12-9-41)32(43)42-10-13-50-33(42)34(44)48-30(16-25-26(36)17-40-18-27(25)37)22-4-7-29(49-35(38)39)31(15-22)47-20-21-2-3-21/h4-7,14-15,17-18,21,30,33,35H,2-3,8-13,16,19-20H2,1H3/t30?,33-/m0/s1. The second kappa shape index (κ2) is 16.8. The number of halogens is 4. The Kier molecular flexibility index (Phi) is 12.2. The van der Waals surface area contributed by atoms with Gasteiger partial charge in [-0.15, -0.1) is 11.8 Å².